The van der Waals surface area contributed by atoms with E-state index in [9.17, 15) is 34.5 Å². The van der Waals surface area contributed by atoms with Crippen molar-refractivity contribution in [3.05, 3.63) is 35.5 Å². The van der Waals surface area contributed by atoms with E-state index < -0.39 is 71.6 Å². The summed E-state index contributed by atoms with van der Waals surface area (Å²) in [6.45, 7) is 12.4. The second kappa shape index (κ2) is 10.8. The van der Waals surface area contributed by atoms with Crippen LogP contribution in [0.15, 0.2) is 35.5 Å². The molecule has 8 atom stereocenters. The molecule has 35 heavy (non-hydrogen) atoms. The van der Waals surface area contributed by atoms with Gasteiger partial charge in [0.25, 0.3) is 0 Å². The molecule has 1 saturated carbocycles. The van der Waals surface area contributed by atoms with Gasteiger partial charge in [0.15, 0.2) is 23.6 Å². The molecule has 0 amide bonds. The third-order valence-corrected chi connectivity index (χ3v) is 6.77. The lowest BCUT2D eigenvalue weighted by molar-refractivity contribution is -0.199. The van der Waals surface area contributed by atoms with E-state index in [-0.39, 0.29) is 23.1 Å². The number of esters is 3. The Bertz CT molecular complexity index is 959. The summed E-state index contributed by atoms with van der Waals surface area (Å²) < 4.78 is 16.4. The Morgan fingerprint density at radius 1 is 1.09 bits per heavy atom. The van der Waals surface area contributed by atoms with E-state index in [0.29, 0.717) is 0 Å². The predicted molar refractivity (Wildman–Crippen MR) is 123 cm³/mol. The molecule has 0 unspecified atom stereocenters. The van der Waals surface area contributed by atoms with Gasteiger partial charge < -0.3 is 29.5 Å². The van der Waals surface area contributed by atoms with Gasteiger partial charge in [0.05, 0.1) is 12.0 Å². The van der Waals surface area contributed by atoms with Gasteiger partial charge in [0.2, 0.25) is 0 Å². The van der Waals surface area contributed by atoms with Crippen LogP contribution in [0.5, 0.6) is 0 Å². The van der Waals surface area contributed by atoms with Gasteiger partial charge in [-0.05, 0) is 47.0 Å². The van der Waals surface area contributed by atoms with Gasteiger partial charge in [-0.1, -0.05) is 25.7 Å². The number of hydrogen-bond acceptors (Lipinski definition) is 10. The summed E-state index contributed by atoms with van der Waals surface area (Å²) in [4.78, 5) is 51.0. The number of carbonyl (C=O) groups excluding carboxylic acids is 4. The van der Waals surface area contributed by atoms with Crippen LogP contribution in [0.1, 0.15) is 48.0 Å². The largest absolute Gasteiger partial charge is 0.455 e. The molecule has 1 aliphatic heterocycles. The highest BCUT2D eigenvalue weighted by molar-refractivity contribution is 5.95. The zero-order valence-electron chi connectivity index (χ0n) is 20.8. The second-order valence-corrected chi connectivity index (χ2v) is 9.29. The molecule has 0 aromatic heterocycles. The number of ether oxygens (including phenoxy) is 3. The highest BCUT2D eigenvalue weighted by Crippen LogP contribution is 2.41. The normalized spacial score (nSPS) is 36.8. The maximum absolute atomic E-state index is 13.1. The number of hydrogen-bond donors (Lipinski definition) is 3. The van der Waals surface area contributed by atoms with Crippen molar-refractivity contribution < 1.29 is 48.7 Å². The number of carbonyl (C=O) groups is 4. The minimum atomic E-state index is -2.51. The number of aliphatic hydroxyl groups excluding tert-OH is 2. The van der Waals surface area contributed by atoms with Gasteiger partial charge >= 0.3 is 17.9 Å². The first-order valence-corrected chi connectivity index (χ1v) is 11.4. The summed E-state index contributed by atoms with van der Waals surface area (Å²) in [6.07, 6.45) is -5.40. The van der Waals surface area contributed by atoms with Crippen LogP contribution >= 0.6 is 0 Å². The summed E-state index contributed by atoms with van der Waals surface area (Å²) in [5.74, 6) is -5.80. The predicted octanol–water partition coefficient (Wildman–Crippen LogP) is 0.922. The number of rotatable bonds is 4. The Hall–Kier alpha value is -2.82. The van der Waals surface area contributed by atoms with Gasteiger partial charge in [0.1, 0.15) is 12.2 Å². The fraction of sp³-hybridized carbons (Fsp3) is 0.600. The summed E-state index contributed by atoms with van der Waals surface area (Å²) in [7, 11) is 0. The van der Waals surface area contributed by atoms with Crippen molar-refractivity contribution >= 4 is 23.7 Å². The average Bonchev–Trinajstić information content (AvgIpc) is 3.10. The van der Waals surface area contributed by atoms with Crippen LogP contribution in [0.4, 0.5) is 0 Å². The van der Waals surface area contributed by atoms with Crippen molar-refractivity contribution in [3.8, 4) is 0 Å². The van der Waals surface area contributed by atoms with Gasteiger partial charge in [0, 0.05) is 16.7 Å². The van der Waals surface area contributed by atoms with Crippen molar-refractivity contribution in [1.29, 1.82) is 0 Å². The zero-order valence-corrected chi connectivity index (χ0v) is 20.8. The number of ketones is 1. The van der Waals surface area contributed by atoms with Gasteiger partial charge in [-0.2, -0.15) is 0 Å². The molecule has 3 N–H and O–H groups in total. The van der Waals surface area contributed by atoms with Crippen LogP contribution in [-0.4, -0.2) is 75.1 Å². The van der Waals surface area contributed by atoms with E-state index in [4.69, 9.17) is 14.2 Å². The molecule has 10 heteroatoms. The first-order valence-electron chi connectivity index (χ1n) is 11.4. The molecule has 0 aromatic carbocycles. The van der Waals surface area contributed by atoms with E-state index in [1.54, 1.807) is 13.8 Å². The summed E-state index contributed by atoms with van der Waals surface area (Å²) in [5.41, 5.74) is -2.33. The minimum Gasteiger partial charge on any atom is -0.455 e. The maximum atomic E-state index is 13.1. The molecule has 0 radical (unpaired) electrons. The van der Waals surface area contributed by atoms with E-state index in [1.165, 1.54) is 32.9 Å². The zero-order chi connectivity index (χ0) is 26.8. The molecular weight excluding hydrogens is 460 g/mol. The van der Waals surface area contributed by atoms with Crippen LogP contribution in [0, 0.1) is 11.8 Å². The second-order valence-electron chi connectivity index (χ2n) is 9.29. The lowest BCUT2D eigenvalue weighted by atomic mass is 9.74. The van der Waals surface area contributed by atoms with Crippen LogP contribution in [0.2, 0.25) is 0 Å². The van der Waals surface area contributed by atoms with E-state index in [1.807, 2.05) is 0 Å². The summed E-state index contributed by atoms with van der Waals surface area (Å²) in [5, 5.41) is 32.9. The minimum absolute atomic E-state index is 0.144. The summed E-state index contributed by atoms with van der Waals surface area (Å²) >= 11 is 0. The Kier molecular flexibility index (Phi) is 8.80. The Morgan fingerprint density at radius 2 is 1.60 bits per heavy atom. The number of fused-ring (bicyclic) bond motifs is 1. The quantitative estimate of drug-likeness (QED) is 0.292. The number of allylic oxidation sites excluding steroid dienone is 2. The molecule has 0 aromatic rings. The van der Waals surface area contributed by atoms with Crippen molar-refractivity contribution in [3.63, 3.8) is 0 Å². The van der Waals surface area contributed by atoms with Crippen molar-refractivity contribution in [2.75, 3.05) is 0 Å². The molecular formula is C25H34O10. The van der Waals surface area contributed by atoms with Crippen LogP contribution in [0.25, 0.3) is 0 Å². The third-order valence-electron chi connectivity index (χ3n) is 6.77. The lowest BCUT2D eigenvalue weighted by Crippen LogP contribution is -2.61. The Morgan fingerprint density at radius 3 is 2.11 bits per heavy atom. The lowest BCUT2D eigenvalue weighted by Gasteiger charge is -2.41. The molecule has 2 fully saturated rings. The Balaban J connectivity index is 2.72. The molecule has 1 heterocycles. The van der Waals surface area contributed by atoms with Crippen LogP contribution in [-0.2, 0) is 33.4 Å². The SMILES string of the molecule is C=C1C(=O)O[C@H]2[C@H]1[C@@H](OC(=O)/C(C)=C\C)[C@H](O)[C@H](C)C[C@@H](O)C(=O)[C@](C)(O)[C@@H]2OC(=O)/C(C)=C\C. The number of Topliss-reactive ketones (excluding diaryl/α,β-unsaturated/α-hetero) is 1. The standard InChI is InChI=1S/C25H34O10/c1-8-11(3)22(29)33-18-16-14(6)24(31)34-19(16)21(35-23(30)12(4)9-2)25(7,32)20(28)15(26)10-13(5)17(18)27/h8-9,13,15-19,21,26-27,32H,6,10H2,1-5,7H3/b11-8-,12-9-/t13-,15-,16-,17-,18-,19+,21-,25+/m1/s1. The molecule has 194 valence electrons. The molecule has 10 nitrogen and oxygen atoms in total. The first kappa shape index (κ1) is 28.4. The molecule has 1 saturated heterocycles. The molecule has 0 bridgehead atoms. The van der Waals surface area contributed by atoms with Crippen LogP contribution in [0.3, 0.4) is 0 Å². The topological polar surface area (TPSA) is 157 Å². The highest BCUT2D eigenvalue weighted by Gasteiger charge is 2.60. The van der Waals surface area contributed by atoms with E-state index in [0.717, 1.165) is 6.92 Å². The van der Waals surface area contributed by atoms with Crippen LogP contribution < -0.4 is 0 Å². The third kappa shape index (κ3) is 5.55. The van der Waals surface area contributed by atoms with E-state index >= 15 is 0 Å². The monoisotopic (exact) mass is 494 g/mol. The number of aliphatic hydroxyl groups is 3. The highest BCUT2D eigenvalue weighted by atomic mass is 16.6. The van der Waals surface area contributed by atoms with E-state index in [2.05, 4.69) is 6.58 Å². The molecule has 2 aliphatic rings. The maximum Gasteiger partial charge on any atom is 0.334 e. The average molecular weight is 495 g/mol. The van der Waals surface area contributed by atoms with Crippen molar-refractivity contribution in [2.24, 2.45) is 11.8 Å². The van der Waals surface area contributed by atoms with Gasteiger partial charge in [-0.25, -0.2) is 14.4 Å². The van der Waals surface area contributed by atoms with Crippen molar-refractivity contribution in [1.82, 2.24) is 0 Å². The molecule has 2 rings (SSSR count). The van der Waals surface area contributed by atoms with Gasteiger partial charge in [-0.15, -0.1) is 0 Å². The van der Waals surface area contributed by atoms with Gasteiger partial charge in [-0.3, -0.25) is 4.79 Å². The molecule has 0 spiro atoms. The molecule has 1 aliphatic carbocycles. The smallest absolute Gasteiger partial charge is 0.334 e. The first-order chi connectivity index (χ1) is 16.2. The Labute approximate surface area is 204 Å². The fourth-order valence-corrected chi connectivity index (χ4v) is 4.16. The fourth-order valence-electron chi connectivity index (χ4n) is 4.16. The summed E-state index contributed by atoms with van der Waals surface area (Å²) in [6, 6.07) is 0. The van der Waals surface area contributed by atoms with Crippen molar-refractivity contribution in [2.45, 2.75) is 84.1 Å².